The van der Waals surface area contributed by atoms with Gasteiger partial charge in [0.2, 0.25) is 0 Å². The van der Waals surface area contributed by atoms with Crippen molar-refractivity contribution in [2.24, 2.45) is 5.92 Å². The largest absolute Gasteiger partial charge is 0.492 e. The number of hydrogen-bond acceptors (Lipinski definition) is 3. The number of ether oxygens (including phenoxy) is 1. The first-order valence-corrected chi connectivity index (χ1v) is 5.92. The van der Waals surface area contributed by atoms with Crippen LogP contribution in [0.5, 0.6) is 5.75 Å². The molecule has 1 heterocycles. The minimum absolute atomic E-state index is 0.621. The van der Waals surface area contributed by atoms with E-state index in [-0.39, 0.29) is 0 Å². The van der Waals surface area contributed by atoms with Gasteiger partial charge in [0.1, 0.15) is 5.75 Å². The van der Waals surface area contributed by atoms with E-state index >= 15 is 0 Å². The summed E-state index contributed by atoms with van der Waals surface area (Å²) in [5.41, 5.74) is 0.0757. The summed E-state index contributed by atoms with van der Waals surface area (Å²) in [6.45, 7) is 4.42. The Balaban J connectivity index is 2.13. The van der Waals surface area contributed by atoms with Crippen LogP contribution in [0.25, 0.3) is 0 Å². The second kappa shape index (κ2) is 4.42. The maximum atomic E-state index is 10.4. The molecule has 88 valence electrons. The van der Waals surface area contributed by atoms with E-state index < -0.39 is 5.60 Å². The third-order valence-corrected chi connectivity index (χ3v) is 3.03. The van der Waals surface area contributed by atoms with E-state index in [1.54, 1.807) is 12.4 Å². The fourth-order valence-corrected chi connectivity index (χ4v) is 1.96. The van der Waals surface area contributed by atoms with E-state index in [2.05, 4.69) is 4.98 Å². The molecule has 3 nitrogen and oxygen atoms in total. The van der Waals surface area contributed by atoms with Crippen LogP contribution >= 0.6 is 0 Å². The molecule has 1 unspecified atom stereocenters. The third kappa shape index (κ3) is 2.73. The van der Waals surface area contributed by atoms with Crippen molar-refractivity contribution in [3.05, 3.63) is 24.0 Å². The molecule has 16 heavy (non-hydrogen) atoms. The van der Waals surface area contributed by atoms with Crippen LogP contribution in [-0.2, 0) is 5.60 Å². The van der Waals surface area contributed by atoms with Crippen molar-refractivity contribution in [1.29, 1.82) is 0 Å². The summed E-state index contributed by atoms with van der Waals surface area (Å²) in [7, 11) is 0. The summed E-state index contributed by atoms with van der Waals surface area (Å²) in [5.74, 6) is 1.42. The summed E-state index contributed by atoms with van der Waals surface area (Å²) >= 11 is 0. The van der Waals surface area contributed by atoms with Crippen molar-refractivity contribution in [3.8, 4) is 5.75 Å². The first-order valence-electron chi connectivity index (χ1n) is 5.92. The van der Waals surface area contributed by atoms with Crippen LogP contribution < -0.4 is 4.74 Å². The summed E-state index contributed by atoms with van der Waals surface area (Å²) in [4.78, 5) is 4.11. The van der Waals surface area contributed by atoms with Gasteiger partial charge in [0.05, 0.1) is 18.4 Å². The van der Waals surface area contributed by atoms with Crippen molar-refractivity contribution in [1.82, 2.24) is 4.98 Å². The van der Waals surface area contributed by atoms with E-state index in [0.717, 1.165) is 17.7 Å². The molecular weight excluding hydrogens is 202 g/mol. The van der Waals surface area contributed by atoms with Gasteiger partial charge in [-0.3, -0.25) is 4.98 Å². The van der Waals surface area contributed by atoms with Gasteiger partial charge in [-0.25, -0.2) is 0 Å². The Morgan fingerprint density at radius 2 is 2.25 bits per heavy atom. The molecule has 1 fully saturated rings. The van der Waals surface area contributed by atoms with Crippen LogP contribution in [0.3, 0.4) is 0 Å². The Morgan fingerprint density at radius 3 is 2.88 bits per heavy atom. The lowest BCUT2D eigenvalue weighted by Crippen LogP contribution is -2.22. The van der Waals surface area contributed by atoms with Crippen LogP contribution in [-0.4, -0.2) is 16.7 Å². The average Bonchev–Trinajstić information content (AvgIpc) is 3.02. The molecule has 1 aromatic heterocycles. The first kappa shape index (κ1) is 11.4. The number of aliphatic hydroxyl groups is 1. The maximum absolute atomic E-state index is 10.4. The number of rotatable bonds is 5. The Kier molecular flexibility index (Phi) is 3.15. The SMILES string of the molecule is CCOc1cncc(C(C)(O)CC2CC2)c1. The second-order valence-electron chi connectivity index (χ2n) is 4.76. The average molecular weight is 221 g/mol. The van der Waals surface area contributed by atoms with Gasteiger partial charge in [-0.15, -0.1) is 0 Å². The minimum Gasteiger partial charge on any atom is -0.492 e. The lowest BCUT2D eigenvalue weighted by Gasteiger charge is -2.23. The van der Waals surface area contributed by atoms with Gasteiger partial charge in [0, 0.05) is 11.8 Å². The number of nitrogens with zero attached hydrogens (tertiary/aromatic N) is 1. The normalized spacial score (nSPS) is 19.2. The molecule has 1 saturated carbocycles. The Morgan fingerprint density at radius 1 is 1.50 bits per heavy atom. The summed E-state index contributed by atoms with van der Waals surface area (Å²) in [5, 5.41) is 10.4. The van der Waals surface area contributed by atoms with E-state index in [9.17, 15) is 5.11 Å². The lowest BCUT2D eigenvalue weighted by atomic mass is 9.91. The third-order valence-electron chi connectivity index (χ3n) is 3.03. The van der Waals surface area contributed by atoms with Crippen molar-refractivity contribution < 1.29 is 9.84 Å². The van der Waals surface area contributed by atoms with Gasteiger partial charge < -0.3 is 9.84 Å². The highest BCUT2D eigenvalue weighted by Gasteiger charge is 2.33. The predicted molar refractivity (Wildman–Crippen MR) is 62.3 cm³/mol. The fraction of sp³-hybridized carbons (Fsp3) is 0.615. The molecule has 0 saturated heterocycles. The van der Waals surface area contributed by atoms with Gasteiger partial charge in [-0.2, -0.15) is 0 Å². The molecule has 3 heteroatoms. The zero-order chi connectivity index (χ0) is 11.6. The lowest BCUT2D eigenvalue weighted by molar-refractivity contribution is 0.0411. The molecule has 1 aromatic rings. The molecule has 1 atom stereocenters. The van der Waals surface area contributed by atoms with Crippen molar-refractivity contribution in [2.75, 3.05) is 6.61 Å². The fourth-order valence-electron chi connectivity index (χ4n) is 1.96. The van der Waals surface area contributed by atoms with Crippen molar-refractivity contribution >= 4 is 0 Å². The van der Waals surface area contributed by atoms with Crippen molar-refractivity contribution in [3.63, 3.8) is 0 Å². The number of hydrogen-bond donors (Lipinski definition) is 1. The van der Waals surface area contributed by atoms with E-state index in [1.165, 1.54) is 12.8 Å². The monoisotopic (exact) mass is 221 g/mol. The standard InChI is InChI=1S/C13H19NO2/c1-3-16-12-6-11(8-14-9-12)13(2,15)7-10-4-5-10/h6,8-10,15H,3-5,7H2,1-2H3. The van der Waals surface area contributed by atoms with E-state index in [0.29, 0.717) is 12.5 Å². The number of aromatic nitrogens is 1. The Labute approximate surface area is 96.5 Å². The van der Waals surface area contributed by atoms with Crippen LogP contribution in [0.1, 0.15) is 38.7 Å². The zero-order valence-electron chi connectivity index (χ0n) is 9.94. The maximum Gasteiger partial charge on any atom is 0.137 e. The molecule has 2 rings (SSSR count). The summed E-state index contributed by atoms with van der Waals surface area (Å²) in [6, 6.07) is 1.89. The Hall–Kier alpha value is -1.09. The van der Waals surface area contributed by atoms with Crippen LogP contribution in [0.15, 0.2) is 18.5 Å². The highest BCUT2D eigenvalue weighted by atomic mass is 16.5. The smallest absolute Gasteiger partial charge is 0.137 e. The molecule has 1 aliphatic rings. The highest BCUT2D eigenvalue weighted by molar-refractivity contribution is 5.27. The van der Waals surface area contributed by atoms with E-state index in [4.69, 9.17) is 4.74 Å². The predicted octanol–water partition coefficient (Wildman–Crippen LogP) is 2.49. The molecule has 1 aliphatic carbocycles. The van der Waals surface area contributed by atoms with Crippen LogP contribution in [0.4, 0.5) is 0 Å². The topological polar surface area (TPSA) is 42.4 Å². The molecule has 1 N–H and O–H groups in total. The van der Waals surface area contributed by atoms with E-state index in [1.807, 2.05) is 19.9 Å². The molecule has 0 bridgehead atoms. The van der Waals surface area contributed by atoms with Crippen LogP contribution in [0, 0.1) is 5.92 Å². The molecule has 0 aliphatic heterocycles. The van der Waals surface area contributed by atoms with Gasteiger partial charge in [-0.05, 0) is 32.3 Å². The van der Waals surface area contributed by atoms with Gasteiger partial charge in [0.25, 0.3) is 0 Å². The molecule has 0 spiro atoms. The highest BCUT2D eigenvalue weighted by Crippen LogP contribution is 2.40. The summed E-state index contributed by atoms with van der Waals surface area (Å²) < 4.78 is 5.39. The molecule has 0 radical (unpaired) electrons. The Bertz CT molecular complexity index is 359. The first-order chi connectivity index (χ1) is 7.62. The molecular formula is C13H19NO2. The number of pyridine rings is 1. The van der Waals surface area contributed by atoms with Gasteiger partial charge >= 0.3 is 0 Å². The summed E-state index contributed by atoms with van der Waals surface area (Å²) in [6.07, 6.45) is 6.72. The van der Waals surface area contributed by atoms with Gasteiger partial charge in [0.15, 0.2) is 0 Å². The minimum atomic E-state index is -0.777. The quantitative estimate of drug-likeness (QED) is 0.830. The van der Waals surface area contributed by atoms with Gasteiger partial charge in [-0.1, -0.05) is 12.8 Å². The molecule has 0 aromatic carbocycles. The second-order valence-corrected chi connectivity index (χ2v) is 4.76. The van der Waals surface area contributed by atoms with Crippen molar-refractivity contribution in [2.45, 2.75) is 38.7 Å². The van der Waals surface area contributed by atoms with Crippen LogP contribution in [0.2, 0.25) is 0 Å². The zero-order valence-corrected chi connectivity index (χ0v) is 9.94. The molecule has 0 amide bonds.